The van der Waals surface area contributed by atoms with Gasteiger partial charge in [-0.05, 0) is 0 Å². The summed E-state index contributed by atoms with van der Waals surface area (Å²) in [7, 11) is -9.89. The molecular weight excluding hydrogens is 268 g/mol. The molecule has 0 atom stereocenters. The van der Waals surface area contributed by atoms with Crippen molar-refractivity contribution < 1.29 is 87.3 Å². The molecule has 0 N–H and O–H groups in total. The molecule has 0 heterocycles. The second kappa shape index (κ2) is 11.6. The Balaban J connectivity index is -0.0000000535. The summed E-state index contributed by atoms with van der Waals surface area (Å²) in [6.07, 6.45) is 0. The van der Waals surface area contributed by atoms with Crippen LogP contribution in [0.2, 0.25) is 0 Å². The molecule has 80 valence electrons. The van der Waals surface area contributed by atoms with Crippen molar-refractivity contribution in [2.24, 2.45) is 0 Å². The van der Waals surface area contributed by atoms with E-state index in [0.29, 0.717) is 0 Å². The Morgan fingerprint density at radius 3 is 0.643 bits per heavy atom. The van der Waals surface area contributed by atoms with Gasteiger partial charge in [0.1, 0.15) is 0 Å². The average Bonchev–Trinajstić information content (AvgIpc) is 1.52. The summed E-state index contributed by atoms with van der Waals surface area (Å²) < 4.78 is 67.9. The van der Waals surface area contributed by atoms with Gasteiger partial charge in [0.2, 0.25) is 9.81 Å². The first kappa shape index (κ1) is 24.0. The van der Waals surface area contributed by atoms with Gasteiger partial charge in [-0.3, -0.25) is 0 Å². The van der Waals surface area contributed by atoms with E-state index in [1.807, 2.05) is 0 Å². The molecule has 0 rings (SSSR count). The topological polar surface area (TPSA) is 233 Å². The molecule has 0 aliphatic carbocycles. The van der Waals surface area contributed by atoms with Crippen molar-refractivity contribution in [1.82, 2.24) is 5.04 Å². The molecule has 0 radical (unpaired) electrons. The predicted octanol–water partition coefficient (Wildman–Crippen LogP) is -12.9. The molecule has 0 unspecified atom stereocenters. The van der Waals surface area contributed by atoms with Crippen LogP contribution in [0.1, 0.15) is 0 Å². The summed E-state index contributed by atoms with van der Waals surface area (Å²) in [5.41, 5.74) is 0. The van der Waals surface area contributed by atoms with E-state index in [1.54, 1.807) is 0 Å². The Morgan fingerprint density at radius 1 is 0.643 bits per heavy atom. The Bertz CT molecular complexity index is 115. The van der Waals surface area contributed by atoms with Gasteiger partial charge >= 0.3 is 34.6 Å². The predicted molar refractivity (Wildman–Crippen MR) is 8.87 cm³/mol. The first-order valence-corrected chi connectivity index (χ1v) is 4.07. The van der Waals surface area contributed by atoms with Crippen molar-refractivity contribution in [3.63, 3.8) is 0 Å². The second-order valence-corrected chi connectivity index (χ2v) is 2.34. The van der Waals surface area contributed by atoms with E-state index >= 15 is 0 Å². The van der Waals surface area contributed by atoms with E-state index < -0.39 is 20.5 Å². The summed E-state index contributed by atoms with van der Waals surface area (Å²) in [5.74, 6) is 0. The van der Waals surface area contributed by atoms with Crippen LogP contribution in [-0.4, -0.2) is 0 Å². The van der Waals surface area contributed by atoms with Crippen molar-refractivity contribution in [2.75, 3.05) is 0 Å². The average molecular weight is 268 g/mol. The van der Waals surface area contributed by atoms with Crippen LogP contribution >= 0.6 is 0 Å². The van der Waals surface area contributed by atoms with E-state index in [0.717, 1.165) is 5.04 Å². The van der Waals surface area contributed by atoms with Crippen LogP contribution in [0.25, 0.3) is 0 Å². The maximum atomic E-state index is 8.49. The molecule has 11 nitrogen and oxygen atoms in total. The van der Waals surface area contributed by atoms with Gasteiger partial charge < -0.3 is 0 Å². The maximum absolute atomic E-state index is 8.49. The third kappa shape index (κ3) is 5180. The zero-order valence-electron chi connectivity index (χ0n) is 6.29. The van der Waals surface area contributed by atoms with Gasteiger partial charge in [0.15, 0.2) is 0 Å². The fourth-order valence-corrected chi connectivity index (χ4v) is 0. The SMILES string of the molecule is O=[N+]=O.[Na+].[O-][Cl+3]([O-])([O-])[O-].[O-][Cl+3]([O-])([O-])[O-]. The van der Waals surface area contributed by atoms with E-state index in [2.05, 4.69) is 0 Å². The van der Waals surface area contributed by atoms with Gasteiger partial charge in [-0.25, -0.2) is 37.3 Å². The molecular formula is Cl2NNaO10. The Hall–Kier alpha value is 0.570. The molecule has 0 saturated heterocycles. The summed E-state index contributed by atoms with van der Waals surface area (Å²) in [5, 5.41) is 1.00. The largest absolute Gasteiger partial charge is 1.00 e. The van der Waals surface area contributed by atoms with Gasteiger partial charge in [0, 0.05) is 0 Å². The summed E-state index contributed by atoms with van der Waals surface area (Å²) >= 11 is 0. The van der Waals surface area contributed by atoms with E-state index in [9.17, 15) is 0 Å². The third-order valence-corrected chi connectivity index (χ3v) is 0. The van der Waals surface area contributed by atoms with Crippen molar-refractivity contribution >= 4 is 0 Å². The number of hydrogen-bond donors (Lipinski definition) is 0. The molecule has 0 aromatic carbocycles. The maximum Gasteiger partial charge on any atom is 1.00 e. The molecule has 0 aromatic heterocycles. The molecule has 0 amide bonds. The third-order valence-electron chi connectivity index (χ3n) is 0. The van der Waals surface area contributed by atoms with Crippen molar-refractivity contribution in [3.05, 3.63) is 9.81 Å². The van der Waals surface area contributed by atoms with Crippen LogP contribution in [-0.2, 0) is 0 Å². The van der Waals surface area contributed by atoms with Crippen LogP contribution in [0.5, 0.6) is 0 Å². The molecule has 0 bridgehead atoms. The number of rotatable bonds is 0. The summed E-state index contributed by atoms with van der Waals surface area (Å²) in [6, 6.07) is 0. The number of nitrogens with zero attached hydrogens (tertiary/aromatic N) is 1. The minimum absolute atomic E-state index is 0. The quantitative estimate of drug-likeness (QED) is 0.296. The molecule has 0 saturated carbocycles. The standard InChI is InChI=1S/2ClHO4.NO2.Na/c2*2-1(3,4)5;2-1-3;/h2*(H,2,3,4,5);;/q;;2*+1/p-2. The fourth-order valence-electron chi connectivity index (χ4n) is 0. The van der Waals surface area contributed by atoms with Crippen LogP contribution in [0.4, 0.5) is 0 Å². The number of nitroso groups, excluding NO2 is 2. The minimum atomic E-state index is -4.94. The van der Waals surface area contributed by atoms with Gasteiger partial charge in [-0.15, -0.1) is 20.5 Å². The monoisotopic (exact) mass is 267 g/mol. The van der Waals surface area contributed by atoms with Crippen LogP contribution in [0.3, 0.4) is 0 Å². The second-order valence-electron chi connectivity index (χ2n) is 0.830. The van der Waals surface area contributed by atoms with Crippen LogP contribution < -0.4 is 71.9 Å². The first-order chi connectivity index (χ1) is 5.41. The zero-order valence-corrected chi connectivity index (χ0v) is 9.80. The van der Waals surface area contributed by atoms with Gasteiger partial charge in [-0.2, -0.15) is 0 Å². The molecule has 14 heteroatoms. The zero-order chi connectivity index (χ0) is 11.7. The van der Waals surface area contributed by atoms with Gasteiger partial charge in [-0.1, -0.05) is 0 Å². The van der Waals surface area contributed by atoms with Gasteiger partial charge in [0.05, 0.1) is 0 Å². The molecule has 0 aliphatic rings. The number of halogens is 2. The molecule has 0 spiro atoms. The summed E-state index contributed by atoms with van der Waals surface area (Å²) in [6.45, 7) is 0. The minimum Gasteiger partial charge on any atom is -0.222 e. The molecule has 0 aliphatic heterocycles. The molecule has 0 aromatic rings. The Morgan fingerprint density at radius 2 is 0.643 bits per heavy atom. The smallest absolute Gasteiger partial charge is 0.222 e. The molecule has 0 fully saturated rings. The summed E-state index contributed by atoms with van der Waals surface area (Å²) in [4.78, 5) is 16.0. The van der Waals surface area contributed by atoms with Crippen molar-refractivity contribution in [2.45, 2.75) is 0 Å². The van der Waals surface area contributed by atoms with Crippen molar-refractivity contribution in [1.29, 1.82) is 0 Å². The van der Waals surface area contributed by atoms with Crippen LogP contribution in [0.15, 0.2) is 0 Å². The van der Waals surface area contributed by atoms with Crippen molar-refractivity contribution in [3.8, 4) is 0 Å². The molecule has 14 heavy (non-hydrogen) atoms. The normalized spacial score (nSPS) is 9.14. The Kier molecular flexibility index (Phi) is 20.0. The van der Waals surface area contributed by atoms with Crippen LogP contribution in [0, 0.1) is 30.3 Å². The first-order valence-electron chi connectivity index (χ1n) is 1.60. The Labute approximate surface area is 102 Å². The van der Waals surface area contributed by atoms with E-state index in [1.165, 1.54) is 0 Å². The van der Waals surface area contributed by atoms with E-state index in [4.69, 9.17) is 47.1 Å². The van der Waals surface area contributed by atoms with Gasteiger partial charge in [0.25, 0.3) is 0 Å². The van der Waals surface area contributed by atoms with E-state index in [-0.39, 0.29) is 29.6 Å². The fraction of sp³-hybridized carbons (Fsp3) is 0. The number of hydrogen-bond acceptors (Lipinski definition) is 10.